The van der Waals surface area contributed by atoms with Crippen molar-refractivity contribution < 1.29 is 24.2 Å². The molecule has 2 aliphatic rings. The second kappa shape index (κ2) is 16.2. The lowest BCUT2D eigenvalue weighted by Gasteiger charge is -2.34. The van der Waals surface area contributed by atoms with Gasteiger partial charge in [-0.2, -0.15) is 0 Å². The highest BCUT2D eigenvalue weighted by Gasteiger charge is 2.25. The molecule has 1 aliphatic carbocycles. The summed E-state index contributed by atoms with van der Waals surface area (Å²) < 4.78 is 12.8. The minimum atomic E-state index is -0.896. The molecule has 0 saturated heterocycles. The Kier molecular flexibility index (Phi) is 11.3. The number of carboxylic acids is 1. The molecule has 9 nitrogen and oxygen atoms in total. The second-order valence-electron chi connectivity index (χ2n) is 12.9. The van der Waals surface area contributed by atoms with Crippen molar-refractivity contribution in [1.29, 1.82) is 0 Å². The van der Waals surface area contributed by atoms with E-state index >= 15 is 0 Å². The number of hydrogen-bond acceptors (Lipinski definition) is 8. The van der Waals surface area contributed by atoms with Crippen molar-refractivity contribution in [3.8, 4) is 11.5 Å². The number of benzene rings is 3. The van der Waals surface area contributed by atoms with Crippen LogP contribution < -0.4 is 14.8 Å². The van der Waals surface area contributed by atoms with Crippen LogP contribution in [0.25, 0.3) is 10.2 Å². The van der Waals surface area contributed by atoms with Gasteiger partial charge in [0.1, 0.15) is 18.1 Å². The van der Waals surface area contributed by atoms with Gasteiger partial charge in [0, 0.05) is 30.9 Å². The number of carboxylic acid groups (broad SMARTS) is 1. The van der Waals surface area contributed by atoms with Crippen LogP contribution >= 0.6 is 11.3 Å². The number of thiazole rings is 1. The van der Waals surface area contributed by atoms with Gasteiger partial charge in [-0.1, -0.05) is 47.3 Å². The predicted octanol–water partition coefficient (Wildman–Crippen LogP) is 7.71. The van der Waals surface area contributed by atoms with E-state index in [4.69, 9.17) is 9.47 Å². The maximum Gasteiger partial charge on any atom is 0.335 e. The monoisotopic (exact) mass is 692 g/mol. The summed E-state index contributed by atoms with van der Waals surface area (Å²) in [5, 5.41) is 13.8. The van der Waals surface area contributed by atoms with E-state index in [1.807, 2.05) is 87.8 Å². The SMILES string of the molecule is CC1=C(C(=O)O)C(CCCOc2ccc(OCCN(C)C)cc2)=CC=C(N2CCc3cccc(C(=O)Nc4nc5ccccc5s4)c3C2)CC1. The molecule has 6 rings (SSSR count). The molecule has 0 bridgehead atoms. The molecule has 260 valence electrons. The maximum atomic E-state index is 13.6. The summed E-state index contributed by atoms with van der Waals surface area (Å²) in [6.07, 6.45) is 7.49. The number of aliphatic carboxylic acids is 1. The summed E-state index contributed by atoms with van der Waals surface area (Å²) in [7, 11) is 4.02. The number of ether oxygens (including phenoxy) is 2. The molecule has 2 heterocycles. The third-order valence-electron chi connectivity index (χ3n) is 9.12. The number of allylic oxidation sites excluding steroid dienone is 4. The van der Waals surface area contributed by atoms with Gasteiger partial charge in [-0.25, -0.2) is 9.78 Å². The maximum absolute atomic E-state index is 13.6. The Morgan fingerprint density at radius 1 is 0.940 bits per heavy atom. The van der Waals surface area contributed by atoms with E-state index in [-0.39, 0.29) is 5.91 Å². The molecule has 50 heavy (non-hydrogen) atoms. The Morgan fingerprint density at radius 3 is 2.44 bits per heavy atom. The van der Waals surface area contributed by atoms with E-state index in [9.17, 15) is 14.7 Å². The van der Waals surface area contributed by atoms with Crippen molar-refractivity contribution in [2.45, 2.75) is 45.6 Å². The quantitative estimate of drug-likeness (QED) is 0.137. The summed E-state index contributed by atoms with van der Waals surface area (Å²) in [5.74, 6) is 0.497. The fourth-order valence-electron chi connectivity index (χ4n) is 6.43. The Labute approximate surface area is 297 Å². The molecular weight excluding hydrogens is 649 g/mol. The zero-order valence-corrected chi connectivity index (χ0v) is 29.7. The Balaban J connectivity index is 1.12. The van der Waals surface area contributed by atoms with E-state index in [0.717, 1.165) is 70.1 Å². The Bertz CT molecular complexity index is 1910. The largest absolute Gasteiger partial charge is 0.494 e. The smallest absolute Gasteiger partial charge is 0.335 e. The van der Waals surface area contributed by atoms with Crippen LogP contribution in [0.2, 0.25) is 0 Å². The van der Waals surface area contributed by atoms with Gasteiger partial charge in [0.05, 0.1) is 22.4 Å². The van der Waals surface area contributed by atoms with Gasteiger partial charge in [0.25, 0.3) is 5.91 Å². The predicted molar refractivity (Wildman–Crippen MR) is 199 cm³/mol. The van der Waals surface area contributed by atoms with Crippen molar-refractivity contribution in [1.82, 2.24) is 14.8 Å². The highest BCUT2D eigenvalue weighted by Crippen LogP contribution is 2.33. The number of carbonyl (C=O) groups is 2. The number of rotatable bonds is 13. The average molecular weight is 693 g/mol. The number of aromatic nitrogens is 1. The molecule has 0 fully saturated rings. The number of nitrogens with zero attached hydrogens (tertiary/aromatic N) is 3. The molecule has 4 aromatic rings. The normalized spacial score (nSPS) is 14.8. The lowest BCUT2D eigenvalue weighted by Crippen LogP contribution is -2.32. The van der Waals surface area contributed by atoms with E-state index in [2.05, 4.69) is 32.2 Å². The standard InChI is InChI=1S/C40H44N4O5S/c1-27-13-15-30(16-14-29(37(27)39(46)47)9-7-24-48-31-17-19-32(20-18-31)49-25-23-43(2)3)44-22-21-28-8-6-10-33(34(28)26-44)38(45)42-40-41-35-11-4-5-12-36(35)50-40/h4-6,8,10-12,14,16-20H,7,9,13,15,21-26H2,1-3H3,(H,46,47)(H,41,42,45). The van der Waals surface area contributed by atoms with Crippen LogP contribution in [0.1, 0.15) is 54.1 Å². The molecule has 1 aromatic heterocycles. The zero-order valence-electron chi connectivity index (χ0n) is 28.9. The van der Waals surface area contributed by atoms with Gasteiger partial charge < -0.3 is 24.4 Å². The summed E-state index contributed by atoms with van der Waals surface area (Å²) in [5.41, 5.74) is 6.93. The highest BCUT2D eigenvalue weighted by molar-refractivity contribution is 7.22. The molecule has 0 radical (unpaired) electrons. The third-order valence-corrected chi connectivity index (χ3v) is 10.1. The first-order chi connectivity index (χ1) is 24.2. The number of likely N-dealkylation sites (N-methyl/N-ethyl adjacent to an activating group) is 1. The van der Waals surface area contributed by atoms with Gasteiger partial charge in [0.2, 0.25) is 0 Å². The number of amides is 1. The number of anilines is 1. The summed E-state index contributed by atoms with van der Waals surface area (Å²) in [6.45, 7) is 5.28. The fraction of sp³-hybridized carbons (Fsp3) is 0.325. The van der Waals surface area contributed by atoms with Crippen molar-refractivity contribution in [2.75, 3.05) is 45.7 Å². The van der Waals surface area contributed by atoms with Crippen molar-refractivity contribution in [3.63, 3.8) is 0 Å². The van der Waals surface area contributed by atoms with Gasteiger partial charge in [-0.05, 0) is 118 Å². The lowest BCUT2D eigenvalue weighted by molar-refractivity contribution is -0.132. The van der Waals surface area contributed by atoms with Crippen molar-refractivity contribution in [3.05, 3.63) is 118 Å². The highest BCUT2D eigenvalue weighted by atomic mass is 32.1. The molecule has 0 atom stereocenters. The van der Waals surface area contributed by atoms with Crippen LogP contribution in [-0.4, -0.2) is 72.2 Å². The number of hydrogen-bond donors (Lipinski definition) is 2. The topological polar surface area (TPSA) is 104 Å². The van der Waals surface area contributed by atoms with E-state index < -0.39 is 5.97 Å². The molecule has 10 heteroatoms. The zero-order chi connectivity index (χ0) is 35.0. The Hall–Kier alpha value is -4.93. The Morgan fingerprint density at radius 2 is 1.70 bits per heavy atom. The van der Waals surface area contributed by atoms with Crippen LogP contribution in [0.15, 0.2) is 101 Å². The summed E-state index contributed by atoms with van der Waals surface area (Å²) in [6, 6.07) is 21.4. The van der Waals surface area contributed by atoms with Crippen LogP contribution in [0.5, 0.6) is 11.5 Å². The number of fused-ring (bicyclic) bond motifs is 2. The first-order valence-electron chi connectivity index (χ1n) is 17.1. The van der Waals surface area contributed by atoms with Crippen molar-refractivity contribution in [2.24, 2.45) is 0 Å². The number of carbonyl (C=O) groups excluding carboxylic acids is 1. The first kappa shape index (κ1) is 34.9. The van der Waals surface area contributed by atoms with Crippen LogP contribution in [0, 0.1) is 0 Å². The molecule has 3 aromatic carbocycles. The average Bonchev–Trinajstić information content (AvgIpc) is 3.51. The number of para-hydroxylation sites is 1. The van der Waals surface area contributed by atoms with Gasteiger partial charge in [-0.15, -0.1) is 0 Å². The number of nitrogens with one attached hydrogen (secondary N) is 1. The van der Waals surface area contributed by atoms with Gasteiger partial charge in [-0.3, -0.25) is 10.1 Å². The van der Waals surface area contributed by atoms with Gasteiger partial charge in [0.15, 0.2) is 5.13 Å². The summed E-state index contributed by atoms with van der Waals surface area (Å²) in [4.78, 5) is 35.0. The molecule has 0 unspecified atom stereocenters. The second-order valence-corrected chi connectivity index (χ2v) is 14.0. The van der Waals surface area contributed by atoms with Crippen LogP contribution in [0.3, 0.4) is 0 Å². The molecule has 0 spiro atoms. The van der Waals surface area contributed by atoms with Crippen LogP contribution in [-0.2, 0) is 17.8 Å². The van der Waals surface area contributed by atoms with E-state index in [1.54, 1.807) is 0 Å². The third kappa shape index (κ3) is 8.61. The van der Waals surface area contributed by atoms with Gasteiger partial charge >= 0.3 is 5.97 Å². The van der Waals surface area contributed by atoms with Crippen LogP contribution in [0.4, 0.5) is 5.13 Å². The minimum Gasteiger partial charge on any atom is -0.494 e. The molecule has 2 N–H and O–H groups in total. The molecule has 1 aliphatic heterocycles. The molecule has 0 saturated carbocycles. The fourth-order valence-corrected chi connectivity index (χ4v) is 7.29. The van der Waals surface area contributed by atoms with E-state index in [1.165, 1.54) is 16.9 Å². The first-order valence-corrected chi connectivity index (χ1v) is 17.9. The molecular formula is C40H44N4O5S. The minimum absolute atomic E-state index is 0.159. The molecule has 1 amide bonds. The lowest BCUT2D eigenvalue weighted by atomic mass is 9.90. The van der Waals surface area contributed by atoms with E-state index in [0.29, 0.717) is 55.3 Å². The van der Waals surface area contributed by atoms with Crippen molar-refractivity contribution >= 4 is 38.6 Å². The summed E-state index contributed by atoms with van der Waals surface area (Å²) >= 11 is 1.47.